The molecular weight excluding hydrogens is 336 g/mol. The molecule has 0 spiro atoms. The number of aromatic nitrogens is 5. The van der Waals surface area contributed by atoms with Gasteiger partial charge in [0.05, 0.1) is 7.11 Å². The molecule has 1 atom stereocenters. The number of carbonyl (C=O) groups is 1. The number of hydrogen-bond donors (Lipinski definition) is 0. The molecule has 8 nitrogen and oxygen atoms in total. The van der Waals surface area contributed by atoms with Crippen LogP contribution in [-0.4, -0.2) is 37.6 Å². The van der Waals surface area contributed by atoms with Crippen molar-refractivity contribution in [3.63, 3.8) is 0 Å². The Kier molecular flexibility index (Phi) is 4.26. The Hall–Kier alpha value is -3.17. The van der Waals surface area contributed by atoms with Crippen molar-refractivity contribution in [1.29, 1.82) is 0 Å². The maximum Gasteiger partial charge on any atom is 0.329 e. The van der Waals surface area contributed by atoms with Crippen molar-refractivity contribution in [1.82, 2.24) is 24.5 Å². The number of esters is 1. The van der Waals surface area contributed by atoms with Crippen LogP contribution in [0, 0.1) is 11.6 Å². The van der Waals surface area contributed by atoms with E-state index in [0.717, 1.165) is 27.7 Å². The van der Waals surface area contributed by atoms with Gasteiger partial charge in [-0.1, -0.05) is 12.1 Å². The maximum absolute atomic E-state index is 14.0. The Morgan fingerprint density at radius 1 is 1.36 bits per heavy atom. The lowest BCUT2D eigenvalue weighted by Gasteiger charge is -2.14. The van der Waals surface area contributed by atoms with E-state index in [1.807, 2.05) is 0 Å². The van der Waals surface area contributed by atoms with E-state index in [1.54, 1.807) is 6.92 Å². The molecule has 3 rings (SSSR count). The zero-order valence-electron chi connectivity index (χ0n) is 13.3. The summed E-state index contributed by atoms with van der Waals surface area (Å²) >= 11 is 0. The molecule has 25 heavy (non-hydrogen) atoms. The van der Waals surface area contributed by atoms with E-state index in [0.29, 0.717) is 12.5 Å². The van der Waals surface area contributed by atoms with Crippen LogP contribution in [0.25, 0.3) is 16.9 Å². The summed E-state index contributed by atoms with van der Waals surface area (Å²) in [7, 11) is 1.22. The summed E-state index contributed by atoms with van der Waals surface area (Å²) in [6.45, 7) is 1.71. The van der Waals surface area contributed by atoms with Crippen LogP contribution >= 0.6 is 0 Å². The highest BCUT2D eigenvalue weighted by Gasteiger charge is 2.23. The van der Waals surface area contributed by atoms with E-state index >= 15 is 0 Å². The van der Waals surface area contributed by atoms with Gasteiger partial charge in [0.2, 0.25) is 0 Å². The Balaban J connectivity index is 2.17. The summed E-state index contributed by atoms with van der Waals surface area (Å²) in [5, 5.41) is 7.45. The number of fused-ring (bicyclic) bond motifs is 1. The van der Waals surface area contributed by atoms with Gasteiger partial charge in [-0.3, -0.25) is 9.36 Å². The molecule has 0 unspecified atom stereocenters. The lowest BCUT2D eigenvalue weighted by molar-refractivity contribution is -0.144. The first-order chi connectivity index (χ1) is 12.0. The molecule has 10 heteroatoms. The van der Waals surface area contributed by atoms with Crippen LogP contribution in [0.1, 0.15) is 19.4 Å². The van der Waals surface area contributed by atoms with Gasteiger partial charge >= 0.3 is 5.97 Å². The second-order valence-corrected chi connectivity index (χ2v) is 5.17. The lowest BCUT2D eigenvalue weighted by atomic mass is 10.2. The standard InChI is InChI=1S/C15H13F2N5O3/c1-3-10(15(24)25-2)21-7-18-13-12(14(21)23)19-20-22(13)11-5-4-8(16)6-9(11)17/h4-7,10H,3H2,1-2H3/t10-/m1/s1. The van der Waals surface area contributed by atoms with Crippen LogP contribution in [0.15, 0.2) is 29.3 Å². The predicted octanol–water partition coefficient (Wildman–Crippen LogP) is 1.38. The normalized spacial score (nSPS) is 12.3. The Labute approximate surface area is 139 Å². The average Bonchev–Trinajstić information content (AvgIpc) is 3.02. The summed E-state index contributed by atoms with van der Waals surface area (Å²) in [6, 6.07) is 2.04. The van der Waals surface area contributed by atoms with Crippen LogP contribution in [0.2, 0.25) is 0 Å². The number of benzene rings is 1. The second kappa shape index (κ2) is 6.38. The van der Waals surface area contributed by atoms with Gasteiger partial charge in [-0.15, -0.1) is 5.10 Å². The van der Waals surface area contributed by atoms with Crippen molar-refractivity contribution in [2.45, 2.75) is 19.4 Å². The largest absolute Gasteiger partial charge is 0.467 e. The second-order valence-electron chi connectivity index (χ2n) is 5.17. The summed E-state index contributed by atoms with van der Waals surface area (Å²) in [4.78, 5) is 28.4. The van der Waals surface area contributed by atoms with E-state index in [2.05, 4.69) is 20.0 Å². The van der Waals surface area contributed by atoms with Crippen molar-refractivity contribution >= 4 is 17.1 Å². The zero-order valence-corrected chi connectivity index (χ0v) is 13.3. The van der Waals surface area contributed by atoms with Crippen LogP contribution in [0.4, 0.5) is 8.78 Å². The summed E-state index contributed by atoms with van der Waals surface area (Å²) in [5.41, 5.74) is -0.871. The summed E-state index contributed by atoms with van der Waals surface area (Å²) in [6.07, 6.45) is 1.46. The minimum atomic E-state index is -0.876. The third-order valence-electron chi connectivity index (χ3n) is 3.72. The highest BCUT2D eigenvalue weighted by molar-refractivity contribution is 5.75. The summed E-state index contributed by atoms with van der Waals surface area (Å²) in [5.74, 6) is -2.22. The molecule has 0 amide bonds. The van der Waals surface area contributed by atoms with Gasteiger partial charge in [-0.05, 0) is 18.6 Å². The lowest BCUT2D eigenvalue weighted by Crippen LogP contribution is -2.30. The molecule has 0 saturated carbocycles. The zero-order chi connectivity index (χ0) is 18.1. The molecule has 0 aliphatic rings. The number of methoxy groups -OCH3 is 1. The molecule has 0 aliphatic heterocycles. The van der Waals surface area contributed by atoms with E-state index in [4.69, 9.17) is 0 Å². The van der Waals surface area contributed by atoms with Crippen LogP contribution in [0.3, 0.4) is 0 Å². The molecule has 130 valence electrons. The van der Waals surface area contributed by atoms with Gasteiger partial charge < -0.3 is 4.74 Å². The van der Waals surface area contributed by atoms with Gasteiger partial charge in [0.15, 0.2) is 17.0 Å². The topological polar surface area (TPSA) is 91.9 Å². The molecule has 0 fully saturated rings. The van der Waals surface area contributed by atoms with E-state index in [1.165, 1.54) is 7.11 Å². The number of carbonyl (C=O) groups excluding carboxylic acids is 1. The minimum Gasteiger partial charge on any atom is -0.467 e. The molecular formula is C15H13F2N5O3. The Bertz CT molecular complexity index is 1010. The van der Waals surface area contributed by atoms with E-state index < -0.39 is 29.2 Å². The van der Waals surface area contributed by atoms with Crippen LogP contribution < -0.4 is 5.56 Å². The van der Waals surface area contributed by atoms with E-state index in [9.17, 15) is 18.4 Å². The first-order valence-electron chi connectivity index (χ1n) is 7.33. The number of halogens is 2. The highest BCUT2D eigenvalue weighted by Crippen LogP contribution is 2.18. The first-order valence-corrected chi connectivity index (χ1v) is 7.33. The van der Waals surface area contributed by atoms with Gasteiger partial charge in [0.1, 0.15) is 23.9 Å². The Morgan fingerprint density at radius 2 is 2.12 bits per heavy atom. The fourth-order valence-electron chi connectivity index (χ4n) is 2.47. The maximum atomic E-state index is 14.0. The number of rotatable bonds is 4. The molecule has 0 bridgehead atoms. The molecule has 0 N–H and O–H groups in total. The minimum absolute atomic E-state index is 0.00789. The van der Waals surface area contributed by atoms with E-state index in [-0.39, 0.29) is 16.9 Å². The molecule has 2 heterocycles. The quantitative estimate of drug-likeness (QED) is 0.661. The fraction of sp³-hybridized carbons (Fsp3) is 0.267. The van der Waals surface area contributed by atoms with Crippen molar-refractivity contribution in [3.05, 3.63) is 46.5 Å². The molecule has 2 aromatic heterocycles. The van der Waals surface area contributed by atoms with Gasteiger partial charge in [-0.2, -0.15) is 4.68 Å². The van der Waals surface area contributed by atoms with Gasteiger partial charge in [-0.25, -0.2) is 18.6 Å². The summed E-state index contributed by atoms with van der Waals surface area (Å²) < 4.78 is 33.8. The monoisotopic (exact) mass is 349 g/mol. The third kappa shape index (κ3) is 2.75. The smallest absolute Gasteiger partial charge is 0.329 e. The van der Waals surface area contributed by atoms with Crippen LogP contribution in [-0.2, 0) is 9.53 Å². The average molecular weight is 349 g/mol. The SMILES string of the molecule is CC[C@H](C(=O)OC)n1cnc2c(nnn2-c2ccc(F)cc2F)c1=O. The van der Waals surface area contributed by atoms with Crippen molar-refractivity contribution in [2.24, 2.45) is 0 Å². The molecule has 0 aliphatic carbocycles. The molecule has 0 radical (unpaired) electrons. The predicted molar refractivity (Wildman–Crippen MR) is 82.2 cm³/mol. The molecule has 1 aromatic carbocycles. The van der Waals surface area contributed by atoms with Crippen molar-refractivity contribution < 1.29 is 18.3 Å². The number of ether oxygens (including phenoxy) is 1. The Morgan fingerprint density at radius 3 is 2.76 bits per heavy atom. The molecule has 0 saturated heterocycles. The fourth-order valence-corrected chi connectivity index (χ4v) is 2.47. The van der Waals surface area contributed by atoms with Crippen molar-refractivity contribution in [2.75, 3.05) is 7.11 Å². The number of hydrogen-bond acceptors (Lipinski definition) is 6. The van der Waals surface area contributed by atoms with Crippen LogP contribution in [0.5, 0.6) is 0 Å². The molecule has 3 aromatic rings. The third-order valence-corrected chi connectivity index (χ3v) is 3.72. The number of nitrogens with zero attached hydrogens (tertiary/aromatic N) is 5. The van der Waals surface area contributed by atoms with Gasteiger partial charge in [0.25, 0.3) is 5.56 Å². The van der Waals surface area contributed by atoms with Gasteiger partial charge in [0, 0.05) is 6.07 Å². The highest BCUT2D eigenvalue weighted by atomic mass is 19.1. The first kappa shape index (κ1) is 16.7. The van der Waals surface area contributed by atoms with Crippen molar-refractivity contribution in [3.8, 4) is 5.69 Å².